The predicted octanol–water partition coefficient (Wildman–Crippen LogP) is 4.20. The van der Waals surface area contributed by atoms with Gasteiger partial charge >= 0.3 is 18.3 Å². The molecule has 3 N–H and O–H groups in total. The van der Waals surface area contributed by atoms with E-state index < -0.39 is 47.0 Å². The second-order valence-corrected chi connectivity index (χ2v) is 3.98. The first-order valence-corrected chi connectivity index (χ1v) is 4.97. The molecule has 21 heavy (non-hydrogen) atoms. The van der Waals surface area contributed by atoms with Crippen LogP contribution in [0.25, 0.3) is 0 Å². The molecule has 11 heteroatoms. The summed E-state index contributed by atoms with van der Waals surface area (Å²) in [6.07, 6.45) is -15.8. The molecule has 1 aromatic carbocycles. The summed E-state index contributed by atoms with van der Waals surface area (Å²) < 4.78 is 112. The fourth-order valence-electron chi connectivity index (χ4n) is 1.41. The summed E-state index contributed by atoms with van der Waals surface area (Å²) in [7, 11) is 0. The van der Waals surface area contributed by atoms with Crippen molar-refractivity contribution in [3.05, 3.63) is 23.3 Å². The zero-order valence-electron chi connectivity index (χ0n) is 9.66. The van der Waals surface area contributed by atoms with Crippen LogP contribution in [-0.2, 0) is 6.18 Å². The van der Waals surface area contributed by atoms with Gasteiger partial charge in [0, 0.05) is 17.3 Å². The van der Waals surface area contributed by atoms with E-state index in [2.05, 4.69) is 0 Å². The fourth-order valence-corrected chi connectivity index (χ4v) is 1.41. The number of anilines is 1. The third-order valence-electron chi connectivity index (χ3n) is 2.47. The molecule has 0 saturated carbocycles. The molecular formula is C10H6F9NO. The topological polar surface area (TPSA) is 46.2 Å². The maximum absolute atomic E-state index is 13.3. The lowest BCUT2D eigenvalue weighted by molar-refractivity contribution is -0.305. The summed E-state index contributed by atoms with van der Waals surface area (Å²) in [4.78, 5) is 0. The molecule has 1 aromatic rings. The normalized spacial score (nSPS) is 15.1. The van der Waals surface area contributed by atoms with E-state index in [0.717, 1.165) is 0 Å². The largest absolute Gasteiger partial charge is 0.507 e. The average Bonchev–Trinajstić information content (AvgIpc) is 2.24. The summed E-state index contributed by atoms with van der Waals surface area (Å²) in [6.45, 7) is 0. The molecule has 120 valence electrons. The molecule has 1 atom stereocenters. The van der Waals surface area contributed by atoms with Gasteiger partial charge in [0.25, 0.3) is 0 Å². The predicted molar refractivity (Wildman–Crippen MR) is 52.4 cm³/mol. The van der Waals surface area contributed by atoms with Crippen LogP contribution in [0.5, 0.6) is 5.75 Å². The van der Waals surface area contributed by atoms with Gasteiger partial charge in [0.1, 0.15) is 5.75 Å². The molecule has 0 aromatic heterocycles. The number of nitrogens with two attached hydrogens (primary N) is 1. The van der Waals surface area contributed by atoms with Gasteiger partial charge in [0.05, 0.1) is 5.56 Å². The maximum Gasteiger partial charge on any atom is 0.456 e. The number of rotatable bonds is 2. The Labute approximate surface area is 111 Å². The third-order valence-corrected chi connectivity index (χ3v) is 2.47. The van der Waals surface area contributed by atoms with Crippen molar-refractivity contribution in [3.8, 4) is 5.75 Å². The molecule has 0 heterocycles. The summed E-state index contributed by atoms with van der Waals surface area (Å²) >= 11 is 0. The number of nitrogen functional groups attached to an aromatic ring is 1. The minimum Gasteiger partial charge on any atom is -0.507 e. The molecule has 1 rings (SSSR count). The smallest absolute Gasteiger partial charge is 0.456 e. The molecule has 0 aliphatic carbocycles. The van der Waals surface area contributed by atoms with Gasteiger partial charge in [0.15, 0.2) is 0 Å². The highest BCUT2D eigenvalue weighted by atomic mass is 19.4. The van der Waals surface area contributed by atoms with Crippen molar-refractivity contribution in [3.63, 3.8) is 0 Å². The minimum atomic E-state index is -6.35. The number of benzene rings is 1. The Hall–Kier alpha value is -1.81. The van der Waals surface area contributed by atoms with E-state index in [1.54, 1.807) is 0 Å². The van der Waals surface area contributed by atoms with Crippen molar-refractivity contribution in [2.45, 2.75) is 24.4 Å². The molecule has 0 bridgehead atoms. The van der Waals surface area contributed by atoms with Crippen LogP contribution in [-0.4, -0.2) is 17.2 Å². The van der Waals surface area contributed by atoms with Crippen LogP contribution in [0.3, 0.4) is 0 Å². The molecule has 2 nitrogen and oxygen atoms in total. The fraction of sp³-hybridized carbons (Fsp3) is 0.400. The van der Waals surface area contributed by atoms with Crippen LogP contribution in [0.1, 0.15) is 17.3 Å². The van der Waals surface area contributed by atoms with Crippen molar-refractivity contribution >= 4 is 5.69 Å². The van der Waals surface area contributed by atoms with Crippen LogP contribution in [0.4, 0.5) is 45.2 Å². The zero-order chi connectivity index (χ0) is 16.8. The number of phenolic OH excluding ortho intramolecular Hbond substituents is 1. The van der Waals surface area contributed by atoms with E-state index in [0.29, 0.717) is 0 Å². The Morgan fingerprint density at radius 1 is 0.952 bits per heavy atom. The highest BCUT2D eigenvalue weighted by molar-refractivity contribution is 5.56. The highest BCUT2D eigenvalue weighted by Crippen LogP contribution is 2.49. The first-order chi connectivity index (χ1) is 9.19. The highest BCUT2D eigenvalue weighted by Gasteiger charge is 2.64. The Kier molecular flexibility index (Phi) is 4.01. The minimum absolute atomic E-state index is 0.0528. The Morgan fingerprint density at radius 3 is 1.81 bits per heavy atom. The van der Waals surface area contributed by atoms with Gasteiger partial charge in [-0.2, -0.15) is 35.1 Å². The molecule has 0 amide bonds. The van der Waals surface area contributed by atoms with Crippen molar-refractivity contribution in [1.29, 1.82) is 0 Å². The molecule has 0 saturated heterocycles. The van der Waals surface area contributed by atoms with E-state index in [9.17, 15) is 39.5 Å². The maximum atomic E-state index is 13.3. The SMILES string of the molecule is Nc1cc(O)c(C(F)C(F)(F)C(F)(F)F)cc1C(F)(F)F. The second kappa shape index (κ2) is 4.88. The molecule has 0 aliphatic heterocycles. The number of hydrogen-bond acceptors (Lipinski definition) is 2. The number of halogens is 9. The Balaban J connectivity index is 3.44. The van der Waals surface area contributed by atoms with Crippen LogP contribution in [0.2, 0.25) is 0 Å². The van der Waals surface area contributed by atoms with Crippen molar-refractivity contribution in [1.82, 2.24) is 0 Å². The number of alkyl halides is 9. The third kappa shape index (κ3) is 3.10. The molecular weight excluding hydrogens is 321 g/mol. The summed E-state index contributed by atoms with van der Waals surface area (Å²) in [6, 6.07) is -0.327. The van der Waals surface area contributed by atoms with E-state index in [1.165, 1.54) is 0 Å². The van der Waals surface area contributed by atoms with E-state index in [-0.39, 0.29) is 12.1 Å². The van der Waals surface area contributed by atoms with E-state index >= 15 is 0 Å². The lowest BCUT2D eigenvalue weighted by Gasteiger charge is -2.24. The summed E-state index contributed by atoms with van der Waals surface area (Å²) in [5.74, 6) is -7.53. The van der Waals surface area contributed by atoms with Gasteiger partial charge in [-0.05, 0) is 6.07 Å². The molecule has 0 fully saturated rings. The zero-order valence-corrected chi connectivity index (χ0v) is 9.66. The van der Waals surface area contributed by atoms with Crippen molar-refractivity contribution < 1.29 is 44.6 Å². The van der Waals surface area contributed by atoms with Gasteiger partial charge < -0.3 is 10.8 Å². The Bertz CT molecular complexity index is 535. The monoisotopic (exact) mass is 327 g/mol. The van der Waals surface area contributed by atoms with E-state index in [4.69, 9.17) is 10.8 Å². The van der Waals surface area contributed by atoms with Gasteiger partial charge in [-0.3, -0.25) is 0 Å². The lowest BCUT2D eigenvalue weighted by atomic mass is 9.99. The van der Waals surface area contributed by atoms with Gasteiger partial charge in [-0.15, -0.1) is 0 Å². The van der Waals surface area contributed by atoms with Crippen LogP contribution in [0, 0.1) is 0 Å². The average molecular weight is 327 g/mol. The second-order valence-electron chi connectivity index (χ2n) is 3.98. The molecule has 0 radical (unpaired) electrons. The van der Waals surface area contributed by atoms with Crippen molar-refractivity contribution in [2.75, 3.05) is 5.73 Å². The number of hydrogen-bond donors (Lipinski definition) is 2. The number of phenols is 1. The molecule has 1 unspecified atom stereocenters. The quantitative estimate of drug-likeness (QED) is 0.632. The Morgan fingerprint density at radius 2 is 1.43 bits per heavy atom. The van der Waals surface area contributed by atoms with Crippen LogP contribution >= 0.6 is 0 Å². The van der Waals surface area contributed by atoms with Crippen LogP contribution < -0.4 is 5.73 Å². The first-order valence-electron chi connectivity index (χ1n) is 4.97. The summed E-state index contributed by atoms with van der Waals surface area (Å²) in [5.41, 5.74) is 0.0130. The van der Waals surface area contributed by atoms with Gasteiger partial charge in [0.2, 0.25) is 6.17 Å². The first kappa shape index (κ1) is 17.2. The number of aromatic hydroxyl groups is 1. The van der Waals surface area contributed by atoms with Crippen LogP contribution in [0.15, 0.2) is 12.1 Å². The molecule has 0 spiro atoms. The van der Waals surface area contributed by atoms with Crippen molar-refractivity contribution in [2.24, 2.45) is 0 Å². The standard InChI is InChI=1S/C10H6F9NO/c11-7(8(12,13)10(17,18)19)3-1-4(9(14,15)16)5(20)2-6(3)21/h1-2,7,21H,20H2. The van der Waals surface area contributed by atoms with Gasteiger partial charge in [-0.1, -0.05) is 0 Å². The summed E-state index contributed by atoms with van der Waals surface area (Å²) in [5, 5.41) is 9.09. The molecule has 0 aliphatic rings. The van der Waals surface area contributed by atoms with E-state index in [1.807, 2.05) is 0 Å². The van der Waals surface area contributed by atoms with Gasteiger partial charge in [-0.25, -0.2) is 4.39 Å². The lowest BCUT2D eigenvalue weighted by Crippen LogP contribution is -2.40.